The summed E-state index contributed by atoms with van der Waals surface area (Å²) in [5, 5.41) is 15.0. The third-order valence-corrected chi connectivity index (χ3v) is 1.92. The van der Waals surface area contributed by atoms with E-state index in [1.54, 1.807) is 6.92 Å². The van der Waals surface area contributed by atoms with E-state index in [1.807, 2.05) is 0 Å². The molecule has 0 aromatic carbocycles. The van der Waals surface area contributed by atoms with Gasteiger partial charge < -0.3 is 9.84 Å². The molecule has 0 aliphatic rings. The minimum atomic E-state index is -1.01. The highest BCUT2D eigenvalue weighted by Crippen LogP contribution is 2.09. The number of nitrogens with one attached hydrogen (secondary N) is 1. The summed E-state index contributed by atoms with van der Waals surface area (Å²) in [7, 11) is 0. The molecule has 0 radical (unpaired) electrons. The summed E-state index contributed by atoms with van der Waals surface area (Å²) in [5.74, 6) is -1.77. The van der Waals surface area contributed by atoms with Gasteiger partial charge in [0.05, 0.1) is 6.61 Å². The summed E-state index contributed by atoms with van der Waals surface area (Å²) >= 11 is 0. The number of aromatic amines is 1. The van der Waals surface area contributed by atoms with Crippen LogP contribution in [0.4, 0.5) is 0 Å². The standard InChI is InChI=1S/C9H13N3O4/c1-3-16-7(13)4-6-10-8(12-11-6)5(2)9(14)15/h5H,3-4H2,1-2H3,(H,14,15)(H,10,11,12). The molecule has 0 spiro atoms. The fourth-order valence-electron chi connectivity index (χ4n) is 1.04. The van der Waals surface area contributed by atoms with Gasteiger partial charge in [0.15, 0.2) is 5.82 Å². The van der Waals surface area contributed by atoms with Crippen LogP contribution in [0.3, 0.4) is 0 Å². The van der Waals surface area contributed by atoms with E-state index in [2.05, 4.69) is 15.2 Å². The predicted molar refractivity (Wildman–Crippen MR) is 52.8 cm³/mol. The SMILES string of the molecule is CCOC(=O)Cc1nc(C(C)C(=O)O)n[nH]1. The van der Waals surface area contributed by atoms with Crippen LogP contribution in [-0.2, 0) is 20.7 Å². The fourth-order valence-corrected chi connectivity index (χ4v) is 1.04. The number of rotatable bonds is 5. The number of ether oxygens (including phenoxy) is 1. The maximum Gasteiger partial charge on any atom is 0.314 e. The average Bonchev–Trinajstić information content (AvgIpc) is 2.65. The number of hydrogen-bond acceptors (Lipinski definition) is 5. The van der Waals surface area contributed by atoms with E-state index in [0.29, 0.717) is 12.4 Å². The second kappa shape index (κ2) is 5.24. The van der Waals surface area contributed by atoms with Crippen molar-refractivity contribution < 1.29 is 19.4 Å². The molecule has 0 saturated carbocycles. The average molecular weight is 227 g/mol. The molecule has 7 nitrogen and oxygen atoms in total. The molecule has 1 aromatic heterocycles. The topological polar surface area (TPSA) is 105 Å². The molecule has 1 heterocycles. The van der Waals surface area contributed by atoms with Crippen molar-refractivity contribution in [3.8, 4) is 0 Å². The van der Waals surface area contributed by atoms with Gasteiger partial charge in [-0.1, -0.05) is 0 Å². The van der Waals surface area contributed by atoms with Crippen LogP contribution < -0.4 is 0 Å². The first-order valence-electron chi connectivity index (χ1n) is 4.84. The van der Waals surface area contributed by atoms with Crippen LogP contribution in [0.25, 0.3) is 0 Å². The maximum absolute atomic E-state index is 11.1. The van der Waals surface area contributed by atoms with Gasteiger partial charge in [0, 0.05) is 0 Å². The lowest BCUT2D eigenvalue weighted by atomic mass is 10.2. The van der Waals surface area contributed by atoms with Crippen molar-refractivity contribution in [2.24, 2.45) is 0 Å². The molecule has 1 atom stereocenters. The Labute approximate surface area is 91.8 Å². The summed E-state index contributed by atoms with van der Waals surface area (Å²) in [6, 6.07) is 0. The normalized spacial score (nSPS) is 12.1. The van der Waals surface area contributed by atoms with Crippen LogP contribution in [0, 0.1) is 0 Å². The molecule has 1 aromatic rings. The number of nitrogens with zero attached hydrogens (tertiary/aromatic N) is 2. The van der Waals surface area contributed by atoms with Crippen molar-refractivity contribution in [1.82, 2.24) is 15.2 Å². The van der Waals surface area contributed by atoms with Gasteiger partial charge in [-0.3, -0.25) is 14.7 Å². The number of hydrogen-bond donors (Lipinski definition) is 2. The van der Waals surface area contributed by atoms with Crippen molar-refractivity contribution in [2.75, 3.05) is 6.61 Å². The highest BCUT2D eigenvalue weighted by Gasteiger charge is 2.19. The second-order valence-electron chi connectivity index (χ2n) is 3.18. The molecule has 0 aliphatic heterocycles. The number of carboxylic acids is 1. The first kappa shape index (κ1) is 12.2. The first-order chi connectivity index (χ1) is 7.54. The van der Waals surface area contributed by atoms with Gasteiger partial charge in [-0.05, 0) is 13.8 Å². The van der Waals surface area contributed by atoms with Crippen LogP contribution in [0.2, 0.25) is 0 Å². The van der Waals surface area contributed by atoms with Crippen molar-refractivity contribution in [3.63, 3.8) is 0 Å². The van der Waals surface area contributed by atoms with E-state index >= 15 is 0 Å². The Bertz CT molecular complexity index is 388. The molecule has 0 aliphatic carbocycles. The van der Waals surface area contributed by atoms with Crippen LogP contribution in [0.1, 0.15) is 31.4 Å². The molecule has 0 amide bonds. The van der Waals surface area contributed by atoms with Crippen molar-refractivity contribution in [1.29, 1.82) is 0 Å². The zero-order valence-electron chi connectivity index (χ0n) is 9.06. The Morgan fingerprint density at radius 3 is 2.81 bits per heavy atom. The lowest BCUT2D eigenvalue weighted by Crippen LogP contribution is -2.10. The first-order valence-corrected chi connectivity index (χ1v) is 4.84. The van der Waals surface area contributed by atoms with E-state index in [9.17, 15) is 9.59 Å². The van der Waals surface area contributed by atoms with Gasteiger partial charge in [0.2, 0.25) is 0 Å². The van der Waals surface area contributed by atoms with E-state index < -0.39 is 17.9 Å². The zero-order chi connectivity index (χ0) is 12.1. The van der Waals surface area contributed by atoms with Crippen molar-refractivity contribution >= 4 is 11.9 Å². The quantitative estimate of drug-likeness (QED) is 0.691. The number of carbonyl (C=O) groups is 2. The number of aromatic nitrogens is 3. The van der Waals surface area contributed by atoms with E-state index in [4.69, 9.17) is 9.84 Å². The van der Waals surface area contributed by atoms with E-state index in [0.717, 1.165) is 0 Å². The highest BCUT2D eigenvalue weighted by molar-refractivity contribution is 5.74. The number of carboxylic acid groups (broad SMARTS) is 1. The van der Waals surface area contributed by atoms with Gasteiger partial charge in [0.1, 0.15) is 18.2 Å². The zero-order valence-corrected chi connectivity index (χ0v) is 9.06. The third kappa shape index (κ3) is 3.04. The van der Waals surface area contributed by atoms with Gasteiger partial charge in [-0.15, -0.1) is 0 Å². The Morgan fingerprint density at radius 2 is 2.25 bits per heavy atom. The van der Waals surface area contributed by atoms with E-state index in [-0.39, 0.29) is 12.2 Å². The number of H-pyrrole nitrogens is 1. The second-order valence-corrected chi connectivity index (χ2v) is 3.18. The summed E-state index contributed by atoms with van der Waals surface area (Å²) in [6.07, 6.45) is -0.0345. The monoisotopic (exact) mass is 227 g/mol. The van der Waals surface area contributed by atoms with Gasteiger partial charge in [0.25, 0.3) is 0 Å². The molecule has 16 heavy (non-hydrogen) atoms. The Kier molecular flexibility index (Phi) is 3.98. The number of aliphatic carboxylic acids is 1. The predicted octanol–water partition coefficient (Wildman–Crippen LogP) is 0.0984. The number of esters is 1. The fraction of sp³-hybridized carbons (Fsp3) is 0.556. The smallest absolute Gasteiger partial charge is 0.314 e. The van der Waals surface area contributed by atoms with Gasteiger partial charge >= 0.3 is 11.9 Å². The van der Waals surface area contributed by atoms with Crippen molar-refractivity contribution in [2.45, 2.75) is 26.2 Å². The largest absolute Gasteiger partial charge is 0.481 e. The highest BCUT2D eigenvalue weighted by atomic mass is 16.5. The lowest BCUT2D eigenvalue weighted by molar-refractivity contribution is -0.142. The molecular weight excluding hydrogens is 214 g/mol. The number of carbonyl (C=O) groups excluding carboxylic acids is 1. The summed E-state index contributed by atoms with van der Waals surface area (Å²) < 4.78 is 4.72. The molecule has 0 saturated heterocycles. The molecule has 2 N–H and O–H groups in total. The Hall–Kier alpha value is -1.92. The van der Waals surface area contributed by atoms with E-state index in [1.165, 1.54) is 6.92 Å². The Morgan fingerprint density at radius 1 is 1.56 bits per heavy atom. The summed E-state index contributed by atoms with van der Waals surface area (Å²) in [6.45, 7) is 3.47. The molecule has 0 bridgehead atoms. The Balaban J connectivity index is 2.64. The molecule has 0 fully saturated rings. The summed E-state index contributed by atoms with van der Waals surface area (Å²) in [4.78, 5) is 25.7. The van der Waals surface area contributed by atoms with Crippen molar-refractivity contribution in [3.05, 3.63) is 11.6 Å². The molecule has 7 heteroatoms. The van der Waals surface area contributed by atoms with Crippen LogP contribution in [-0.4, -0.2) is 38.8 Å². The maximum atomic E-state index is 11.1. The molecule has 88 valence electrons. The summed E-state index contributed by atoms with van der Waals surface area (Å²) in [5.41, 5.74) is 0. The van der Waals surface area contributed by atoms with Gasteiger partial charge in [-0.2, -0.15) is 5.10 Å². The van der Waals surface area contributed by atoms with Gasteiger partial charge in [-0.25, -0.2) is 4.98 Å². The van der Waals surface area contributed by atoms with Crippen LogP contribution in [0.15, 0.2) is 0 Å². The lowest BCUT2D eigenvalue weighted by Gasteiger charge is -1.98. The van der Waals surface area contributed by atoms with Crippen LogP contribution >= 0.6 is 0 Å². The molecular formula is C9H13N3O4. The molecule has 1 unspecified atom stereocenters. The minimum Gasteiger partial charge on any atom is -0.481 e. The van der Waals surface area contributed by atoms with Crippen LogP contribution in [0.5, 0.6) is 0 Å². The minimum absolute atomic E-state index is 0.0345. The molecule has 1 rings (SSSR count). The third-order valence-electron chi connectivity index (χ3n) is 1.92.